The maximum absolute atomic E-state index is 12.9. The molecule has 4 saturated carbocycles. The molecule has 4 fully saturated rings. The molecule has 25 heavy (non-hydrogen) atoms. The van der Waals surface area contributed by atoms with E-state index in [1.807, 2.05) is 0 Å². The van der Waals surface area contributed by atoms with Crippen molar-refractivity contribution in [3.63, 3.8) is 0 Å². The van der Waals surface area contributed by atoms with Gasteiger partial charge >= 0.3 is 0 Å². The van der Waals surface area contributed by atoms with E-state index in [1.165, 1.54) is 6.42 Å². The number of amides is 1. The third-order valence-electron chi connectivity index (χ3n) is 7.51. The second-order valence-corrected chi connectivity index (χ2v) is 9.39. The molecule has 3 atom stereocenters. The summed E-state index contributed by atoms with van der Waals surface area (Å²) in [6.45, 7) is 2.12. The zero-order valence-corrected chi connectivity index (χ0v) is 15.0. The van der Waals surface area contributed by atoms with Crippen LogP contribution in [0.3, 0.4) is 0 Å². The fraction of sp³-hybridized carbons (Fsp3) is 0.800. The normalized spacial score (nSPS) is 39.9. The van der Waals surface area contributed by atoms with E-state index in [1.54, 1.807) is 0 Å². The van der Waals surface area contributed by atoms with E-state index < -0.39 is 5.60 Å². The van der Waals surface area contributed by atoms with Gasteiger partial charge in [-0.05, 0) is 88.4 Å². The number of carbonyl (C=O) groups excluding carboxylic acids is 1. The number of aryl methyl sites for hydroxylation is 1. The molecule has 6 rings (SSSR count). The number of nitrogens with zero attached hydrogens (tertiary/aromatic N) is 1. The highest BCUT2D eigenvalue weighted by Gasteiger charge is 2.59. The summed E-state index contributed by atoms with van der Waals surface area (Å²) in [6.07, 6.45) is 10.3. The Hall–Kier alpha value is -1.36. The van der Waals surface area contributed by atoms with Gasteiger partial charge < -0.3 is 14.9 Å². The zero-order chi connectivity index (χ0) is 17.2. The molecule has 1 aromatic rings. The van der Waals surface area contributed by atoms with E-state index >= 15 is 0 Å². The van der Waals surface area contributed by atoms with Crippen LogP contribution >= 0.6 is 0 Å². The molecule has 0 aromatic carbocycles. The third-order valence-corrected chi connectivity index (χ3v) is 7.51. The number of hydrogen-bond acceptors (Lipinski definition) is 4. The first-order valence-electron chi connectivity index (χ1n) is 9.97. The van der Waals surface area contributed by atoms with E-state index in [4.69, 9.17) is 4.52 Å². The number of rotatable bonds is 3. The van der Waals surface area contributed by atoms with Crippen molar-refractivity contribution in [2.24, 2.45) is 17.3 Å². The van der Waals surface area contributed by atoms with Crippen molar-refractivity contribution in [3.05, 3.63) is 17.0 Å². The Morgan fingerprint density at radius 1 is 1.24 bits per heavy atom. The lowest BCUT2D eigenvalue weighted by molar-refractivity contribution is -0.171. The van der Waals surface area contributed by atoms with E-state index in [-0.39, 0.29) is 17.4 Å². The summed E-state index contributed by atoms with van der Waals surface area (Å²) in [4.78, 5) is 12.9. The van der Waals surface area contributed by atoms with Crippen LogP contribution in [0, 0.1) is 17.3 Å². The summed E-state index contributed by atoms with van der Waals surface area (Å²) >= 11 is 0. The number of carbonyl (C=O) groups is 1. The van der Waals surface area contributed by atoms with Crippen molar-refractivity contribution in [1.82, 2.24) is 10.5 Å². The van der Waals surface area contributed by atoms with Crippen LogP contribution in [0.2, 0.25) is 0 Å². The molecule has 0 radical (unpaired) electrons. The highest BCUT2D eigenvalue weighted by atomic mass is 16.5. The fourth-order valence-corrected chi connectivity index (χ4v) is 6.78. The summed E-state index contributed by atoms with van der Waals surface area (Å²) < 4.78 is 5.41. The van der Waals surface area contributed by atoms with Crippen molar-refractivity contribution < 1.29 is 14.4 Å². The summed E-state index contributed by atoms with van der Waals surface area (Å²) in [5.74, 6) is 1.56. The van der Waals surface area contributed by atoms with E-state index in [0.29, 0.717) is 17.6 Å². The van der Waals surface area contributed by atoms with Gasteiger partial charge in [-0.1, -0.05) is 5.16 Å². The van der Waals surface area contributed by atoms with Crippen LogP contribution in [0.25, 0.3) is 0 Å². The van der Waals surface area contributed by atoms with Gasteiger partial charge in [-0.25, -0.2) is 0 Å². The molecule has 4 bridgehead atoms. The Balaban J connectivity index is 1.36. The Kier molecular flexibility index (Phi) is 3.38. The van der Waals surface area contributed by atoms with Crippen LogP contribution in [0.4, 0.5) is 0 Å². The first kappa shape index (κ1) is 15.9. The predicted molar refractivity (Wildman–Crippen MR) is 92.1 cm³/mol. The van der Waals surface area contributed by atoms with Crippen LogP contribution in [-0.4, -0.2) is 27.8 Å². The molecule has 5 nitrogen and oxygen atoms in total. The minimum atomic E-state index is -0.492. The lowest BCUT2D eigenvalue weighted by atomic mass is 9.46. The molecular formula is C20H28N2O3. The van der Waals surface area contributed by atoms with E-state index in [9.17, 15) is 9.90 Å². The highest BCUT2D eigenvalue weighted by Crippen LogP contribution is 2.62. The SMILES string of the molecule is CC(NC(=O)c1onc2c1CCCC2)C12CC3CC(CC(O)(C3)C1)C2. The molecule has 2 N–H and O–H groups in total. The van der Waals surface area contributed by atoms with Crippen molar-refractivity contribution >= 4 is 5.91 Å². The second kappa shape index (κ2) is 5.32. The van der Waals surface area contributed by atoms with Crippen LogP contribution in [0.15, 0.2) is 4.52 Å². The largest absolute Gasteiger partial charge is 0.390 e. The van der Waals surface area contributed by atoms with Crippen molar-refractivity contribution in [2.75, 3.05) is 0 Å². The number of nitrogens with one attached hydrogen (secondary N) is 1. The van der Waals surface area contributed by atoms with Crippen LogP contribution in [0.5, 0.6) is 0 Å². The molecule has 1 aromatic heterocycles. The number of fused-ring (bicyclic) bond motifs is 1. The van der Waals surface area contributed by atoms with Crippen molar-refractivity contribution in [2.45, 2.75) is 82.8 Å². The summed E-state index contributed by atoms with van der Waals surface area (Å²) in [5.41, 5.74) is 1.54. The lowest BCUT2D eigenvalue weighted by Crippen LogP contribution is -2.61. The van der Waals surface area contributed by atoms with Gasteiger partial charge in [-0.3, -0.25) is 4.79 Å². The van der Waals surface area contributed by atoms with Crippen LogP contribution < -0.4 is 5.32 Å². The Morgan fingerprint density at radius 2 is 1.96 bits per heavy atom. The van der Waals surface area contributed by atoms with Crippen molar-refractivity contribution in [1.29, 1.82) is 0 Å². The summed E-state index contributed by atoms with van der Waals surface area (Å²) in [5, 5.41) is 18.3. The molecule has 0 spiro atoms. The number of hydrogen-bond donors (Lipinski definition) is 2. The first-order valence-corrected chi connectivity index (χ1v) is 9.97. The molecular weight excluding hydrogens is 316 g/mol. The third kappa shape index (κ3) is 2.46. The summed E-state index contributed by atoms with van der Waals surface area (Å²) in [7, 11) is 0. The monoisotopic (exact) mass is 344 g/mol. The van der Waals surface area contributed by atoms with Gasteiger partial charge in [0.1, 0.15) is 0 Å². The minimum absolute atomic E-state index is 0.0502. The standard InChI is InChI=1S/C20H28N2O3/c1-12(19-7-13-6-14(8-19)10-20(24,9-13)11-19)21-18(23)17-15-4-2-3-5-16(15)22-25-17/h12-14,24H,2-11H2,1H3,(H,21,23). The Bertz CT molecular complexity index is 696. The molecule has 0 aliphatic heterocycles. The van der Waals surface area contributed by atoms with Crippen molar-refractivity contribution in [3.8, 4) is 0 Å². The minimum Gasteiger partial charge on any atom is -0.390 e. The smallest absolute Gasteiger partial charge is 0.290 e. The predicted octanol–water partition coefficient (Wildman–Crippen LogP) is 3.00. The maximum Gasteiger partial charge on any atom is 0.290 e. The number of aliphatic hydroxyl groups is 1. The Labute approximate surface area is 148 Å². The average molecular weight is 344 g/mol. The number of aromatic nitrogens is 1. The van der Waals surface area contributed by atoms with Gasteiger partial charge in [0.25, 0.3) is 5.91 Å². The summed E-state index contributed by atoms with van der Waals surface area (Å²) in [6, 6.07) is 0.0572. The molecule has 5 heteroatoms. The molecule has 0 saturated heterocycles. The lowest BCUT2D eigenvalue weighted by Gasteiger charge is -2.62. The van der Waals surface area contributed by atoms with Crippen LogP contribution in [-0.2, 0) is 12.8 Å². The topological polar surface area (TPSA) is 75.4 Å². The Morgan fingerprint density at radius 3 is 2.68 bits per heavy atom. The highest BCUT2D eigenvalue weighted by molar-refractivity contribution is 5.93. The van der Waals surface area contributed by atoms with Gasteiger partial charge in [0.2, 0.25) is 5.76 Å². The molecule has 1 heterocycles. The maximum atomic E-state index is 12.9. The fourth-order valence-electron chi connectivity index (χ4n) is 6.78. The molecule has 136 valence electrons. The van der Waals surface area contributed by atoms with E-state index in [0.717, 1.165) is 69.0 Å². The quantitative estimate of drug-likeness (QED) is 0.884. The average Bonchev–Trinajstić information content (AvgIpc) is 2.96. The zero-order valence-electron chi connectivity index (χ0n) is 15.0. The molecule has 5 aliphatic carbocycles. The van der Waals surface area contributed by atoms with Gasteiger partial charge in [0.05, 0.1) is 11.3 Å². The second-order valence-electron chi connectivity index (χ2n) is 9.39. The van der Waals surface area contributed by atoms with Gasteiger partial charge in [0.15, 0.2) is 0 Å². The molecule has 3 unspecified atom stereocenters. The van der Waals surface area contributed by atoms with Gasteiger partial charge in [-0.2, -0.15) is 0 Å². The van der Waals surface area contributed by atoms with E-state index in [2.05, 4.69) is 17.4 Å². The first-order chi connectivity index (χ1) is 12.0. The molecule has 1 amide bonds. The van der Waals surface area contributed by atoms with Gasteiger partial charge in [0, 0.05) is 11.6 Å². The molecule has 5 aliphatic rings. The van der Waals surface area contributed by atoms with Gasteiger partial charge in [-0.15, -0.1) is 0 Å². The van der Waals surface area contributed by atoms with Crippen LogP contribution in [0.1, 0.15) is 80.1 Å².